The molecule has 1 aromatic rings. The standard InChI is InChI=1S/C8H13Si.3C4H10N.Zr/c1-9(2,3)8-6-4-5-7-8;3*1-4(2,3)5;/h4-7H,1-3H3;3*5H,1-3H3;/q4*-1;+4. The third-order valence-corrected chi connectivity index (χ3v) is 3.59. The van der Waals surface area contributed by atoms with Crippen molar-refractivity contribution < 1.29 is 26.2 Å². The first-order valence-electron chi connectivity index (χ1n) is 8.58. The van der Waals surface area contributed by atoms with Crippen LogP contribution in [0, 0.1) is 0 Å². The molecule has 1 aromatic carbocycles. The summed E-state index contributed by atoms with van der Waals surface area (Å²) in [5, 5.41) is 1.56. The average Bonchev–Trinajstić information content (AvgIpc) is 2.58. The van der Waals surface area contributed by atoms with E-state index in [0.29, 0.717) is 0 Å². The fourth-order valence-electron chi connectivity index (χ4n) is 0.874. The molecule has 0 saturated carbocycles. The predicted molar refractivity (Wildman–Crippen MR) is 117 cm³/mol. The quantitative estimate of drug-likeness (QED) is 0.318. The fourth-order valence-corrected chi connectivity index (χ4v) is 2.07. The molecule has 0 saturated heterocycles. The molecule has 0 fully saturated rings. The minimum atomic E-state index is -0.981. The van der Waals surface area contributed by atoms with Gasteiger partial charge >= 0.3 is 26.2 Å². The van der Waals surface area contributed by atoms with Crippen LogP contribution in [0.5, 0.6) is 0 Å². The molecule has 3 N–H and O–H groups in total. The average molecular weight is 445 g/mol. The zero-order chi connectivity index (χ0) is 20.4. The summed E-state index contributed by atoms with van der Waals surface area (Å²) in [4.78, 5) is 0. The Balaban J connectivity index is -0.000000122. The molecular formula is C20H43N3SiZr. The Hall–Kier alpha value is 0.330. The second kappa shape index (κ2) is 13.5. The molecule has 0 aliphatic carbocycles. The molecule has 0 aliphatic rings. The van der Waals surface area contributed by atoms with Crippen LogP contribution in [0.1, 0.15) is 62.3 Å². The molecular weight excluding hydrogens is 402 g/mol. The van der Waals surface area contributed by atoms with Crippen molar-refractivity contribution in [1.29, 1.82) is 0 Å². The van der Waals surface area contributed by atoms with Gasteiger partial charge in [-0.05, 0) is 0 Å². The van der Waals surface area contributed by atoms with Gasteiger partial charge in [-0.1, -0.05) is 82.0 Å². The van der Waals surface area contributed by atoms with Crippen LogP contribution in [0.4, 0.5) is 0 Å². The van der Waals surface area contributed by atoms with Crippen LogP contribution in [-0.2, 0) is 26.2 Å². The summed E-state index contributed by atoms with van der Waals surface area (Å²) >= 11 is 0. The van der Waals surface area contributed by atoms with Crippen LogP contribution in [-0.4, -0.2) is 24.7 Å². The molecule has 3 nitrogen and oxygen atoms in total. The van der Waals surface area contributed by atoms with E-state index < -0.39 is 8.07 Å². The molecule has 0 aromatic heterocycles. The van der Waals surface area contributed by atoms with Crippen molar-refractivity contribution in [2.75, 3.05) is 0 Å². The maximum Gasteiger partial charge on any atom is 4.00 e. The summed E-state index contributed by atoms with van der Waals surface area (Å²) in [5.74, 6) is 0. The summed E-state index contributed by atoms with van der Waals surface area (Å²) in [7, 11) is -0.981. The predicted octanol–water partition coefficient (Wildman–Crippen LogP) is 7.46. The molecule has 0 spiro atoms. The Morgan fingerprint density at radius 2 is 0.760 bits per heavy atom. The van der Waals surface area contributed by atoms with Gasteiger partial charge in [-0.25, -0.2) is 12.1 Å². The van der Waals surface area contributed by atoms with E-state index in [0.717, 1.165) is 0 Å². The largest absolute Gasteiger partial charge is 4.00 e. The van der Waals surface area contributed by atoms with E-state index in [4.69, 9.17) is 17.2 Å². The van der Waals surface area contributed by atoms with Crippen molar-refractivity contribution in [3.05, 3.63) is 41.5 Å². The van der Waals surface area contributed by atoms with Crippen molar-refractivity contribution in [1.82, 2.24) is 0 Å². The van der Waals surface area contributed by atoms with Gasteiger partial charge < -0.3 is 17.2 Å². The Morgan fingerprint density at radius 1 is 0.600 bits per heavy atom. The number of nitrogens with one attached hydrogen (secondary N) is 3. The van der Waals surface area contributed by atoms with E-state index in [1.165, 1.54) is 0 Å². The molecule has 25 heavy (non-hydrogen) atoms. The van der Waals surface area contributed by atoms with Crippen LogP contribution in [0.2, 0.25) is 19.6 Å². The van der Waals surface area contributed by atoms with Gasteiger partial charge in [0, 0.05) is 8.07 Å². The van der Waals surface area contributed by atoms with Crippen molar-refractivity contribution in [3.8, 4) is 0 Å². The van der Waals surface area contributed by atoms with E-state index >= 15 is 0 Å². The molecule has 146 valence electrons. The van der Waals surface area contributed by atoms with Gasteiger partial charge in [-0.15, -0.1) is 16.6 Å². The third-order valence-electron chi connectivity index (χ3n) is 1.53. The molecule has 0 radical (unpaired) electrons. The number of hydrogen-bond donors (Lipinski definition) is 0. The van der Waals surface area contributed by atoms with Crippen LogP contribution < -0.4 is 5.19 Å². The van der Waals surface area contributed by atoms with Gasteiger partial charge in [-0.2, -0.15) is 17.3 Å². The molecule has 5 heteroatoms. The van der Waals surface area contributed by atoms with Gasteiger partial charge in [0.2, 0.25) is 0 Å². The summed E-state index contributed by atoms with van der Waals surface area (Å²) in [6, 6.07) is 8.69. The van der Waals surface area contributed by atoms with E-state index in [2.05, 4.69) is 43.9 Å². The van der Waals surface area contributed by atoms with Crippen molar-refractivity contribution >= 4 is 13.3 Å². The van der Waals surface area contributed by atoms with Crippen LogP contribution >= 0.6 is 0 Å². The smallest absolute Gasteiger partial charge is 0.673 e. The maximum absolute atomic E-state index is 6.94. The first kappa shape index (κ1) is 33.0. The van der Waals surface area contributed by atoms with E-state index in [9.17, 15) is 0 Å². The third kappa shape index (κ3) is 68.3. The summed E-state index contributed by atoms with van der Waals surface area (Å²) in [6.45, 7) is 23.8. The zero-order valence-electron chi connectivity index (χ0n) is 18.8. The second-order valence-corrected chi connectivity index (χ2v) is 15.3. The minimum absolute atomic E-state index is 0. The minimum Gasteiger partial charge on any atom is -0.673 e. The van der Waals surface area contributed by atoms with Gasteiger partial charge in [0.05, 0.1) is 0 Å². The van der Waals surface area contributed by atoms with Gasteiger partial charge in [-0.3, -0.25) is 0 Å². The van der Waals surface area contributed by atoms with Crippen molar-refractivity contribution in [2.24, 2.45) is 0 Å². The zero-order valence-corrected chi connectivity index (χ0v) is 22.3. The Labute approximate surface area is 179 Å². The topological polar surface area (TPSA) is 71.4 Å². The first-order chi connectivity index (χ1) is 10.1. The summed E-state index contributed by atoms with van der Waals surface area (Å²) in [5.41, 5.74) is 20.1. The Bertz CT molecular complexity index is 342. The van der Waals surface area contributed by atoms with Gasteiger partial charge in [0.25, 0.3) is 0 Å². The molecule has 0 atom stereocenters. The molecule has 0 unspecified atom stereocenters. The number of rotatable bonds is 1. The first-order valence-corrected chi connectivity index (χ1v) is 12.1. The molecule has 0 bridgehead atoms. The fraction of sp³-hybridized carbons (Fsp3) is 0.750. The Morgan fingerprint density at radius 3 is 0.840 bits per heavy atom. The van der Waals surface area contributed by atoms with Crippen molar-refractivity contribution in [3.63, 3.8) is 0 Å². The van der Waals surface area contributed by atoms with Crippen LogP contribution in [0.25, 0.3) is 17.2 Å². The van der Waals surface area contributed by atoms with Gasteiger partial charge in [0.15, 0.2) is 0 Å². The second-order valence-electron chi connectivity index (χ2n) is 10.2. The normalized spacial score (nSPS) is 11.5. The van der Waals surface area contributed by atoms with E-state index in [1.807, 2.05) is 62.3 Å². The molecule has 1 rings (SSSR count). The monoisotopic (exact) mass is 443 g/mol. The molecule has 0 heterocycles. The van der Waals surface area contributed by atoms with E-state index in [1.54, 1.807) is 5.19 Å². The maximum atomic E-state index is 6.94. The molecule has 0 amide bonds. The van der Waals surface area contributed by atoms with Crippen LogP contribution in [0.15, 0.2) is 24.3 Å². The Kier molecular flexibility index (Phi) is 17.8. The molecule has 0 aliphatic heterocycles. The van der Waals surface area contributed by atoms with E-state index in [-0.39, 0.29) is 42.8 Å². The summed E-state index contributed by atoms with van der Waals surface area (Å²) < 4.78 is 0. The summed E-state index contributed by atoms with van der Waals surface area (Å²) in [6.07, 6.45) is 0. The number of hydrogen-bond acceptors (Lipinski definition) is 0. The SMILES string of the molecule is CC(C)(C)[NH-].CC(C)(C)[NH-].CC(C)(C)[NH-].C[Si](C)(C)[c-]1cccc1.[Zr+4]. The van der Waals surface area contributed by atoms with Crippen molar-refractivity contribution in [2.45, 2.75) is 98.6 Å². The van der Waals surface area contributed by atoms with Gasteiger partial charge in [0.1, 0.15) is 0 Å². The van der Waals surface area contributed by atoms with Crippen LogP contribution in [0.3, 0.4) is 0 Å².